The summed E-state index contributed by atoms with van der Waals surface area (Å²) in [6.07, 6.45) is 0. The fraction of sp³-hybridized carbons (Fsp3) is 1.00. The Morgan fingerprint density at radius 3 is 1.78 bits per heavy atom. The van der Waals surface area contributed by atoms with Gasteiger partial charge in [-0.05, 0) is 0 Å². The van der Waals surface area contributed by atoms with E-state index in [0.717, 1.165) is 13.1 Å². The Kier molecular flexibility index (Phi) is 6.97. The summed E-state index contributed by atoms with van der Waals surface area (Å²) in [5.41, 5.74) is 10.6. The van der Waals surface area contributed by atoms with Crippen LogP contribution in [0.25, 0.3) is 0 Å². The molecule has 4 nitrogen and oxygen atoms in total. The van der Waals surface area contributed by atoms with Gasteiger partial charge in [-0.25, -0.2) is 0 Å². The second kappa shape index (κ2) is 6.61. The van der Waals surface area contributed by atoms with Crippen LogP contribution in [0.2, 0.25) is 0 Å². The fourth-order valence-corrected chi connectivity index (χ4v) is 1.70. The Balaban J connectivity index is 3.18. The average molecular weight is 310 g/mol. The maximum absolute atomic E-state index is 5.48. The van der Waals surface area contributed by atoms with Crippen molar-refractivity contribution in [3.63, 3.8) is 0 Å². The van der Waals surface area contributed by atoms with Gasteiger partial charge in [0.2, 0.25) is 0 Å². The van der Waals surface area contributed by atoms with E-state index in [0.29, 0.717) is 13.1 Å². The molecule has 0 spiro atoms. The Hall–Kier alpha value is 0.489. The summed E-state index contributed by atoms with van der Waals surface area (Å²) in [7, 11) is 0. The zero-order valence-corrected chi connectivity index (χ0v) is 7.74. The topological polar surface area (TPSA) is 81.3 Å². The molecular formula is C4H14IrN4. The molecule has 5 heteroatoms. The normalized spacial score (nSPS) is 11.1. The molecule has 0 heterocycles. The van der Waals surface area contributed by atoms with Gasteiger partial charge in [0.25, 0.3) is 0 Å². The number of hydrogen-bond acceptors (Lipinski definition) is 4. The summed E-state index contributed by atoms with van der Waals surface area (Å²) in [5, 5.41) is 0. The first-order valence-corrected chi connectivity index (χ1v) is 5.24. The van der Waals surface area contributed by atoms with Crippen LogP contribution in [-0.4, -0.2) is 29.7 Å². The molecule has 0 saturated heterocycles. The van der Waals surface area contributed by atoms with Gasteiger partial charge in [0, 0.05) is 0 Å². The first kappa shape index (κ1) is 9.49. The van der Waals surface area contributed by atoms with Crippen molar-refractivity contribution in [2.75, 3.05) is 26.2 Å². The Labute approximate surface area is 64.3 Å². The second-order valence-corrected chi connectivity index (χ2v) is 3.68. The van der Waals surface area contributed by atoms with Crippen LogP contribution in [0.15, 0.2) is 0 Å². The molecule has 0 unspecified atom stereocenters. The molecule has 0 aromatic carbocycles. The third-order valence-corrected chi connectivity index (χ3v) is 2.79. The van der Waals surface area contributed by atoms with E-state index >= 15 is 0 Å². The van der Waals surface area contributed by atoms with Crippen LogP contribution < -0.4 is 15.9 Å². The maximum atomic E-state index is 5.48. The summed E-state index contributed by atoms with van der Waals surface area (Å²) in [6, 6.07) is 0. The SMILES string of the molecule is NCC[N](CCN)[Ir][NH2]. The monoisotopic (exact) mass is 311 g/mol. The molecule has 0 rings (SSSR count). The predicted molar refractivity (Wildman–Crippen MR) is 33.9 cm³/mol. The van der Waals surface area contributed by atoms with Gasteiger partial charge in [-0.2, -0.15) is 0 Å². The van der Waals surface area contributed by atoms with Gasteiger partial charge >= 0.3 is 63.8 Å². The number of rotatable bonds is 5. The average Bonchev–Trinajstić information content (AvgIpc) is 1.88. The van der Waals surface area contributed by atoms with Crippen LogP contribution in [0.3, 0.4) is 0 Å². The van der Waals surface area contributed by atoms with Crippen molar-refractivity contribution < 1.29 is 18.2 Å². The Bertz CT molecular complexity index is 54.5. The Morgan fingerprint density at radius 1 is 1.11 bits per heavy atom. The molecular weight excluding hydrogens is 296 g/mol. The molecule has 0 radical (unpaired) electrons. The quantitative estimate of drug-likeness (QED) is 0.553. The summed E-state index contributed by atoms with van der Waals surface area (Å²) < 4.78 is 7.62. The van der Waals surface area contributed by atoms with Crippen LogP contribution in [-0.2, 0) is 18.2 Å². The summed E-state index contributed by atoms with van der Waals surface area (Å²) >= 11 is -0.414. The third-order valence-electron chi connectivity index (χ3n) is 0.845. The van der Waals surface area contributed by atoms with Crippen LogP contribution in [0, 0.1) is 0 Å². The molecule has 0 aromatic rings. The van der Waals surface area contributed by atoms with E-state index in [9.17, 15) is 0 Å². The fourth-order valence-electron chi connectivity index (χ4n) is 0.467. The van der Waals surface area contributed by atoms with E-state index in [1.165, 1.54) is 0 Å². The third kappa shape index (κ3) is 4.96. The standard InChI is InChI=1S/C4H12N3.Ir.H2N/c5-1-3-7-4-2-6;;/h1-6H2;;1H2/q-1;+2;-1. The molecule has 0 aliphatic heterocycles. The minimum atomic E-state index is -0.414. The van der Waals surface area contributed by atoms with Crippen molar-refractivity contribution in [1.82, 2.24) is 3.57 Å². The van der Waals surface area contributed by atoms with Crippen molar-refractivity contribution in [2.45, 2.75) is 0 Å². The molecule has 0 aliphatic rings. The molecule has 59 valence electrons. The first-order valence-electron chi connectivity index (χ1n) is 2.79. The minimum absolute atomic E-state index is 0.414. The van der Waals surface area contributed by atoms with Gasteiger partial charge in [0.15, 0.2) is 0 Å². The van der Waals surface area contributed by atoms with E-state index < -0.39 is 18.2 Å². The van der Waals surface area contributed by atoms with Crippen LogP contribution >= 0.6 is 0 Å². The molecule has 0 bridgehead atoms. The van der Waals surface area contributed by atoms with Crippen LogP contribution in [0.4, 0.5) is 0 Å². The molecule has 0 aliphatic carbocycles. The van der Waals surface area contributed by atoms with E-state index in [4.69, 9.17) is 15.9 Å². The van der Waals surface area contributed by atoms with E-state index in [1.54, 1.807) is 0 Å². The molecule has 0 aromatic heterocycles. The summed E-state index contributed by atoms with van der Waals surface area (Å²) in [5.74, 6) is 0. The van der Waals surface area contributed by atoms with Gasteiger partial charge in [0.05, 0.1) is 0 Å². The number of nitrogens with two attached hydrogens (primary N) is 3. The van der Waals surface area contributed by atoms with Crippen LogP contribution in [0.1, 0.15) is 0 Å². The van der Waals surface area contributed by atoms with Gasteiger partial charge in [0.1, 0.15) is 0 Å². The molecule has 0 fully saturated rings. The van der Waals surface area contributed by atoms with Crippen molar-refractivity contribution in [1.29, 1.82) is 0 Å². The van der Waals surface area contributed by atoms with E-state index in [-0.39, 0.29) is 0 Å². The van der Waals surface area contributed by atoms with Crippen molar-refractivity contribution in [3.8, 4) is 0 Å². The number of hydrogen-bond donors (Lipinski definition) is 3. The van der Waals surface area contributed by atoms with Crippen molar-refractivity contribution >= 4 is 0 Å². The zero-order valence-electron chi connectivity index (χ0n) is 5.34. The van der Waals surface area contributed by atoms with Crippen molar-refractivity contribution in [3.05, 3.63) is 0 Å². The second-order valence-electron chi connectivity index (χ2n) is 1.55. The number of nitrogens with zero attached hydrogens (tertiary/aromatic N) is 1. The molecule has 0 amide bonds. The van der Waals surface area contributed by atoms with Crippen molar-refractivity contribution in [2.24, 2.45) is 15.9 Å². The van der Waals surface area contributed by atoms with E-state index in [1.807, 2.05) is 0 Å². The summed E-state index contributed by atoms with van der Waals surface area (Å²) in [6.45, 7) is 3.16. The first-order chi connectivity index (χ1) is 4.35. The zero-order chi connectivity index (χ0) is 7.11. The van der Waals surface area contributed by atoms with E-state index in [2.05, 4.69) is 3.57 Å². The van der Waals surface area contributed by atoms with Crippen LogP contribution in [0.5, 0.6) is 0 Å². The van der Waals surface area contributed by atoms with Gasteiger partial charge < -0.3 is 0 Å². The molecule has 6 N–H and O–H groups in total. The molecule has 9 heavy (non-hydrogen) atoms. The van der Waals surface area contributed by atoms with Gasteiger partial charge in [-0.15, -0.1) is 0 Å². The summed E-state index contributed by atoms with van der Waals surface area (Å²) in [4.78, 5) is 0. The Morgan fingerprint density at radius 2 is 1.56 bits per heavy atom. The molecule has 0 saturated carbocycles. The van der Waals surface area contributed by atoms with Gasteiger partial charge in [-0.1, -0.05) is 0 Å². The van der Waals surface area contributed by atoms with Gasteiger partial charge in [-0.3, -0.25) is 0 Å². The molecule has 0 atom stereocenters. The predicted octanol–water partition coefficient (Wildman–Crippen LogP) is -1.92.